The molecule has 168 valence electrons. The van der Waals surface area contributed by atoms with E-state index in [2.05, 4.69) is 85.1 Å². The summed E-state index contributed by atoms with van der Waals surface area (Å²) in [6, 6.07) is 17.7. The highest BCUT2D eigenvalue weighted by atomic mass is 16.5. The number of hydrogen-bond acceptors (Lipinski definition) is 3. The van der Waals surface area contributed by atoms with Gasteiger partial charge in [0.2, 0.25) is 0 Å². The highest BCUT2D eigenvalue weighted by Crippen LogP contribution is 2.35. The van der Waals surface area contributed by atoms with Gasteiger partial charge in [0.15, 0.2) is 0 Å². The number of piperidine rings is 1. The van der Waals surface area contributed by atoms with Crippen LogP contribution in [0.3, 0.4) is 0 Å². The summed E-state index contributed by atoms with van der Waals surface area (Å²) in [6.45, 7) is 7.67. The number of imidazole rings is 1. The van der Waals surface area contributed by atoms with E-state index in [4.69, 9.17) is 9.72 Å². The van der Waals surface area contributed by atoms with Crippen molar-refractivity contribution < 1.29 is 4.74 Å². The molecule has 0 radical (unpaired) electrons. The molecule has 0 aliphatic carbocycles. The van der Waals surface area contributed by atoms with Crippen molar-refractivity contribution in [3.8, 4) is 11.3 Å². The molecule has 1 saturated heterocycles. The third-order valence-corrected chi connectivity index (χ3v) is 6.89. The zero-order chi connectivity index (χ0) is 22.1. The van der Waals surface area contributed by atoms with Crippen LogP contribution in [0.2, 0.25) is 0 Å². The fraction of sp³-hybridized carbons (Fsp3) is 0.464. The van der Waals surface area contributed by atoms with Crippen LogP contribution in [0.15, 0.2) is 54.7 Å². The summed E-state index contributed by atoms with van der Waals surface area (Å²) in [6.07, 6.45) is 6.70. The maximum atomic E-state index is 6.82. The zero-order valence-corrected chi connectivity index (χ0v) is 19.6. The number of rotatable bonds is 5. The fourth-order valence-electron chi connectivity index (χ4n) is 5.09. The minimum absolute atomic E-state index is 0.101. The lowest BCUT2D eigenvalue weighted by atomic mass is 9.99. The molecule has 0 amide bonds. The standard InChI is InChI=1S/C28H35N3O/c1-20(2)18-21-8-10-23(11-9-21)26-19-31-17-12-22-6-4-5-7-25(22)27(28(31)29-26)32-24-13-15-30(3)16-14-24/h4-11,19-20,24,27H,12-18H2,1-3H3. The van der Waals surface area contributed by atoms with E-state index in [1.165, 1.54) is 22.3 Å². The van der Waals surface area contributed by atoms with Crippen LogP contribution in [0.1, 0.15) is 55.3 Å². The van der Waals surface area contributed by atoms with Crippen LogP contribution in [0.5, 0.6) is 0 Å². The number of fused-ring (bicyclic) bond motifs is 2. The molecule has 3 heterocycles. The summed E-state index contributed by atoms with van der Waals surface area (Å²) < 4.78 is 9.15. The predicted molar refractivity (Wildman–Crippen MR) is 130 cm³/mol. The molecule has 4 nitrogen and oxygen atoms in total. The Bertz CT molecular complexity index is 1040. The van der Waals surface area contributed by atoms with Gasteiger partial charge >= 0.3 is 0 Å². The molecule has 32 heavy (non-hydrogen) atoms. The molecule has 1 unspecified atom stereocenters. The molecular weight excluding hydrogens is 394 g/mol. The number of ether oxygens (including phenoxy) is 1. The number of likely N-dealkylation sites (tertiary alicyclic amines) is 1. The van der Waals surface area contributed by atoms with Crippen molar-refractivity contribution in [1.82, 2.24) is 14.5 Å². The Labute approximate surface area is 192 Å². The lowest BCUT2D eigenvalue weighted by Crippen LogP contribution is -2.35. The normalized spacial score (nSPS) is 19.6. The van der Waals surface area contributed by atoms with Gasteiger partial charge in [-0.25, -0.2) is 4.98 Å². The first kappa shape index (κ1) is 21.4. The topological polar surface area (TPSA) is 30.3 Å². The van der Waals surface area contributed by atoms with Gasteiger partial charge in [0.25, 0.3) is 0 Å². The quantitative estimate of drug-likeness (QED) is 0.536. The van der Waals surface area contributed by atoms with Crippen molar-refractivity contribution in [3.05, 3.63) is 77.2 Å². The van der Waals surface area contributed by atoms with Crippen LogP contribution in [-0.2, 0) is 24.1 Å². The summed E-state index contributed by atoms with van der Waals surface area (Å²) in [5.74, 6) is 1.72. The van der Waals surface area contributed by atoms with E-state index in [-0.39, 0.29) is 12.2 Å². The van der Waals surface area contributed by atoms with Crippen LogP contribution in [0.25, 0.3) is 11.3 Å². The highest BCUT2D eigenvalue weighted by molar-refractivity contribution is 5.59. The molecule has 2 aliphatic heterocycles. The third-order valence-electron chi connectivity index (χ3n) is 6.89. The largest absolute Gasteiger partial charge is 0.362 e. The molecule has 1 fully saturated rings. The molecule has 3 aromatic rings. The molecule has 0 saturated carbocycles. The Hall–Kier alpha value is -2.43. The van der Waals surface area contributed by atoms with Crippen LogP contribution in [0.4, 0.5) is 0 Å². The van der Waals surface area contributed by atoms with Crippen molar-refractivity contribution in [2.45, 2.75) is 58.3 Å². The van der Waals surface area contributed by atoms with Gasteiger partial charge in [-0.1, -0.05) is 62.4 Å². The van der Waals surface area contributed by atoms with E-state index >= 15 is 0 Å². The van der Waals surface area contributed by atoms with Gasteiger partial charge in [-0.05, 0) is 55.3 Å². The predicted octanol–water partition coefficient (Wildman–Crippen LogP) is 5.50. The maximum Gasteiger partial charge on any atom is 0.143 e. The molecule has 2 aliphatic rings. The van der Waals surface area contributed by atoms with E-state index in [9.17, 15) is 0 Å². The molecular formula is C28H35N3O. The van der Waals surface area contributed by atoms with Gasteiger partial charge in [-0.2, -0.15) is 0 Å². The van der Waals surface area contributed by atoms with E-state index in [1.807, 2.05) is 0 Å². The van der Waals surface area contributed by atoms with Gasteiger partial charge in [0, 0.05) is 31.4 Å². The van der Waals surface area contributed by atoms with Crippen molar-refractivity contribution in [1.29, 1.82) is 0 Å². The maximum absolute atomic E-state index is 6.82. The molecule has 5 rings (SSSR count). The van der Waals surface area contributed by atoms with Crippen molar-refractivity contribution in [2.24, 2.45) is 5.92 Å². The lowest BCUT2D eigenvalue weighted by Gasteiger charge is -2.32. The Morgan fingerprint density at radius 1 is 1.00 bits per heavy atom. The van der Waals surface area contributed by atoms with Crippen molar-refractivity contribution >= 4 is 0 Å². The minimum Gasteiger partial charge on any atom is -0.362 e. The second-order valence-corrected chi connectivity index (χ2v) is 9.94. The first-order chi connectivity index (χ1) is 15.6. The molecule has 4 heteroatoms. The molecule has 2 aromatic carbocycles. The van der Waals surface area contributed by atoms with Gasteiger partial charge in [0.1, 0.15) is 11.9 Å². The second-order valence-electron chi connectivity index (χ2n) is 9.94. The number of nitrogens with zero attached hydrogens (tertiary/aromatic N) is 3. The van der Waals surface area contributed by atoms with E-state index in [0.29, 0.717) is 5.92 Å². The Balaban J connectivity index is 1.47. The van der Waals surface area contributed by atoms with Crippen LogP contribution in [-0.4, -0.2) is 40.7 Å². The Kier molecular flexibility index (Phi) is 6.16. The van der Waals surface area contributed by atoms with Crippen LogP contribution < -0.4 is 0 Å². The summed E-state index contributed by atoms with van der Waals surface area (Å²) in [5, 5.41) is 0. The fourth-order valence-corrected chi connectivity index (χ4v) is 5.09. The monoisotopic (exact) mass is 429 g/mol. The van der Waals surface area contributed by atoms with Crippen molar-refractivity contribution in [3.63, 3.8) is 0 Å². The lowest BCUT2D eigenvalue weighted by molar-refractivity contribution is -0.0275. The molecule has 0 N–H and O–H groups in total. The number of benzene rings is 2. The SMILES string of the molecule is CC(C)Cc1ccc(-c2cn3c(n2)C(OC2CCN(C)CC2)c2ccccc2CC3)cc1. The van der Waals surface area contributed by atoms with Crippen molar-refractivity contribution in [2.75, 3.05) is 20.1 Å². The smallest absolute Gasteiger partial charge is 0.143 e. The molecule has 0 spiro atoms. The summed E-state index contributed by atoms with van der Waals surface area (Å²) >= 11 is 0. The van der Waals surface area contributed by atoms with Gasteiger partial charge in [0.05, 0.1) is 11.8 Å². The van der Waals surface area contributed by atoms with Crippen LogP contribution >= 0.6 is 0 Å². The highest BCUT2D eigenvalue weighted by Gasteiger charge is 2.30. The summed E-state index contributed by atoms with van der Waals surface area (Å²) in [7, 11) is 2.20. The average Bonchev–Trinajstić information content (AvgIpc) is 3.16. The Morgan fingerprint density at radius 3 is 2.50 bits per heavy atom. The first-order valence-electron chi connectivity index (χ1n) is 12.1. The second kappa shape index (κ2) is 9.21. The molecule has 1 aromatic heterocycles. The van der Waals surface area contributed by atoms with Gasteiger partial charge < -0.3 is 14.2 Å². The number of hydrogen-bond donors (Lipinski definition) is 0. The van der Waals surface area contributed by atoms with E-state index in [1.54, 1.807) is 0 Å². The third kappa shape index (κ3) is 4.53. The van der Waals surface area contributed by atoms with E-state index in [0.717, 1.165) is 56.8 Å². The van der Waals surface area contributed by atoms with Gasteiger partial charge in [-0.3, -0.25) is 0 Å². The molecule has 0 bridgehead atoms. The zero-order valence-electron chi connectivity index (χ0n) is 19.6. The van der Waals surface area contributed by atoms with E-state index < -0.39 is 0 Å². The van der Waals surface area contributed by atoms with Gasteiger partial charge in [-0.15, -0.1) is 0 Å². The minimum atomic E-state index is -0.101. The number of aromatic nitrogens is 2. The summed E-state index contributed by atoms with van der Waals surface area (Å²) in [4.78, 5) is 7.55. The van der Waals surface area contributed by atoms with Crippen LogP contribution in [0, 0.1) is 5.92 Å². The first-order valence-corrected chi connectivity index (χ1v) is 12.1. The number of aryl methyl sites for hydroxylation is 2. The Morgan fingerprint density at radius 2 is 1.75 bits per heavy atom. The summed E-state index contributed by atoms with van der Waals surface area (Å²) in [5.41, 5.74) is 6.30. The average molecular weight is 430 g/mol. The molecule has 1 atom stereocenters.